The van der Waals surface area contributed by atoms with E-state index < -0.39 is 0 Å². The van der Waals surface area contributed by atoms with Gasteiger partial charge in [-0.05, 0) is 42.0 Å². The van der Waals surface area contributed by atoms with Crippen molar-refractivity contribution in [2.24, 2.45) is 0 Å². The summed E-state index contributed by atoms with van der Waals surface area (Å²) >= 11 is 0. The number of nitrogen functional groups attached to an aromatic ring is 1. The molecule has 0 saturated carbocycles. The van der Waals surface area contributed by atoms with E-state index in [1.165, 1.54) is 12.1 Å². The van der Waals surface area contributed by atoms with Gasteiger partial charge in [0.25, 0.3) is 5.91 Å². The molecule has 1 amide bonds. The topological polar surface area (TPSA) is 69.3 Å². The highest BCUT2D eigenvalue weighted by atomic mass is 19.1. The second-order valence-electron chi connectivity index (χ2n) is 5.81. The summed E-state index contributed by atoms with van der Waals surface area (Å²) in [4.78, 5) is 12.6. The SMILES string of the molecule is COCCNC(=O)c1cc2cc(N)ccc2n1Cc1ccc(F)cc1. The van der Waals surface area contributed by atoms with Crippen LogP contribution in [0.2, 0.25) is 0 Å². The minimum absolute atomic E-state index is 0.186. The second kappa shape index (κ2) is 7.36. The van der Waals surface area contributed by atoms with Crippen molar-refractivity contribution in [3.05, 3.63) is 65.6 Å². The smallest absolute Gasteiger partial charge is 0.268 e. The van der Waals surface area contributed by atoms with Gasteiger partial charge in [-0.15, -0.1) is 0 Å². The maximum absolute atomic E-state index is 13.1. The van der Waals surface area contributed by atoms with Crippen LogP contribution in [0.1, 0.15) is 16.1 Å². The van der Waals surface area contributed by atoms with Gasteiger partial charge in [0.05, 0.1) is 6.61 Å². The number of carbonyl (C=O) groups is 1. The van der Waals surface area contributed by atoms with Gasteiger partial charge in [0.15, 0.2) is 0 Å². The molecule has 0 unspecified atom stereocenters. The van der Waals surface area contributed by atoms with Gasteiger partial charge in [-0.3, -0.25) is 4.79 Å². The predicted octanol–water partition coefficient (Wildman–Crippen LogP) is 2.79. The van der Waals surface area contributed by atoms with Crippen molar-refractivity contribution in [3.8, 4) is 0 Å². The van der Waals surface area contributed by atoms with E-state index in [1.54, 1.807) is 25.3 Å². The zero-order valence-corrected chi connectivity index (χ0v) is 14.0. The van der Waals surface area contributed by atoms with Crippen LogP contribution in [0.3, 0.4) is 0 Å². The number of fused-ring (bicyclic) bond motifs is 1. The van der Waals surface area contributed by atoms with Crippen LogP contribution in [0.5, 0.6) is 0 Å². The minimum Gasteiger partial charge on any atom is -0.399 e. The van der Waals surface area contributed by atoms with E-state index in [0.717, 1.165) is 16.5 Å². The molecule has 0 radical (unpaired) electrons. The number of nitrogens with one attached hydrogen (secondary N) is 1. The van der Waals surface area contributed by atoms with Gasteiger partial charge in [0.1, 0.15) is 11.5 Å². The summed E-state index contributed by atoms with van der Waals surface area (Å²) in [7, 11) is 1.58. The number of nitrogens with two attached hydrogens (primary N) is 1. The molecule has 130 valence electrons. The van der Waals surface area contributed by atoms with Crippen LogP contribution in [0.15, 0.2) is 48.5 Å². The van der Waals surface area contributed by atoms with Crippen LogP contribution in [-0.4, -0.2) is 30.7 Å². The average Bonchev–Trinajstić information content (AvgIpc) is 2.94. The summed E-state index contributed by atoms with van der Waals surface area (Å²) in [5.41, 5.74) is 8.83. The summed E-state index contributed by atoms with van der Waals surface area (Å²) in [5, 5.41) is 3.72. The molecule has 0 aliphatic rings. The third-order valence-electron chi connectivity index (χ3n) is 4.00. The average molecular weight is 341 g/mol. The Morgan fingerprint density at radius 1 is 1.20 bits per heavy atom. The number of halogens is 1. The van der Waals surface area contributed by atoms with Crippen LogP contribution in [0, 0.1) is 5.82 Å². The van der Waals surface area contributed by atoms with E-state index >= 15 is 0 Å². The first-order valence-corrected chi connectivity index (χ1v) is 7.99. The summed E-state index contributed by atoms with van der Waals surface area (Å²) in [6.07, 6.45) is 0. The van der Waals surface area contributed by atoms with Gasteiger partial charge in [-0.1, -0.05) is 12.1 Å². The fraction of sp³-hybridized carbons (Fsp3) is 0.211. The number of methoxy groups -OCH3 is 1. The van der Waals surface area contributed by atoms with Crippen molar-refractivity contribution in [2.75, 3.05) is 26.0 Å². The number of hydrogen-bond acceptors (Lipinski definition) is 3. The maximum atomic E-state index is 13.1. The molecule has 0 aliphatic heterocycles. The molecule has 0 spiro atoms. The van der Waals surface area contributed by atoms with Crippen molar-refractivity contribution in [1.29, 1.82) is 0 Å². The highest BCUT2D eigenvalue weighted by molar-refractivity contribution is 5.99. The Bertz CT molecular complexity index is 888. The van der Waals surface area contributed by atoms with Gasteiger partial charge in [-0.25, -0.2) is 4.39 Å². The zero-order chi connectivity index (χ0) is 17.8. The molecule has 1 heterocycles. The highest BCUT2D eigenvalue weighted by Crippen LogP contribution is 2.24. The minimum atomic E-state index is -0.286. The Kier molecular flexibility index (Phi) is 5.00. The summed E-state index contributed by atoms with van der Waals surface area (Å²) < 4.78 is 20.0. The Morgan fingerprint density at radius 3 is 2.68 bits per heavy atom. The fourth-order valence-electron chi connectivity index (χ4n) is 2.78. The van der Waals surface area contributed by atoms with E-state index in [1.807, 2.05) is 22.8 Å². The van der Waals surface area contributed by atoms with Crippen LogP contribution < -0.4 is 11.1 Å². The standard InChI is InChI=1S/C19H20FN3O2/c1-25-9-8-22-19(24)18-11-14-10-16(21)6-7-17(14)23(18)12-13-2-4-15(20)5-3-13/h2-7,10-11H,8-9,12,21H2,1H3,(H,22,24). The summed E-state index contributed by atoms with van der Waals surface area (Å²) in [5.74, 6) is -0.472. The molecule has 3 N–H and O–H groups in total. The van der Waals surface area contributed by atoms with E-state index in [0.29, 0.717) is 31.1 Å². The molecule has 3 rings (SSSR count). The van der Waals surface area contributed by atoms with Crippen LogP contribution in [-0.2, 0) is 11.3 Å². The second-order valence-corrected chi connectivity index (χ2v) is 5.81. The van der Waals surface area contributed by atoms with Crippen molar-refractivity contribution in [3.63, 3.8) is 0 Å². The number of benzene rings is 2. The van der Waals surface area contributed by atoms with Gasteiger partial charge < -0.3 is 20.4 Å². The monoisotopic (exact) mass is 341 g/mol. The molecule has 0 aliphatic carbocycles. The number of ether oxygens (including phenoxy) is 1. The third-order valence-corrected chi connectivity index (χ3v) is 4.00. The summed E-state index contributed by atoms with van der Waals surface area (Å²) in [6.45, 7) is 1.33. The Balaban J connectivity index is 1.99. The number of nitrogens with zero attached hydrogens (tertiary/aromatic N) is 1. The molecular formula is C19H20FN3O2. The van der Waals surface area contributed by atoms with Gasteiger partial charge in [0, 0.05) is 36.8 Å². The van der Waals surface area contributed by atoms with Crippen LogP contribution >= 0.6 is 0 Å². The summed E-state index contributed by atoms with van der Waals surface area (Å²) in [6, 6.07) is 13.6. The largest absolute Gasteiger partial charge is 0.399 e. The molecule has 6 heteroatoms. The number of aromatic nitrogens is 1. The molecule has 0 atom stereocenters. The quantitative estimate of drug-likeness (QED) is 0.535. The molecule has 25 heavy (non-hydrogen) atoms. The fourth-order valence-corrected chi connectivity index (χ4v) is 2.78. The Hall–Kier alpha value is -2.86. The number of hydrogen-bond donors (Lipinski definition) is 2. The van der Waals surface area contributed by atoms with Crippen LogP contribution in [0.4, 0.5) is 10.1 Å². The zero-order valence-electron chi connectivity index (χ0n) is 14.0. The first kappa shape index (κ1) is 17.0. The predicted molar refractivity (Wildman–Crippen MR) is 96.1 cm³/mol. The first-order valence-electron chi connectivity index (χ1n) is 7.99. The molecule has 0 bridgehead atoms. The number of carbonyl (C=O) groups excluding carboxylic acids is 1. The van der Waals surface area contributed by atoms with E-state index in [2.05, 4.69) is 5.32 Å². The highest BCUT2D eigenvalue weighted by Gasteiger charge is 2.16. The molecular weight excluding hydrogens is 321 g/mol. The number of anilines is 1. The van der Waals surface area contributed by atoms with Crippen molar-refractivity contribution in [2.45, 2.75) is 6.54 Å². The van der Waals surface area contributed by atoms with Crippen molar-refractivity contribution >= 4 is 22.5 Å². The first-order chi connectivity index (χ1) is 12.1. The Morgan fingerprint density at radius 2 is 1.96 bits per heavy atom. The van der Waals surface area contributed by atoms with Gasteiger partial charge in [-0.2, -0.15) is 0 Å². The van der Waals surface area contributed by atoms with E-state index in [-0.39, 0.29) is 11.7 Å². The lowest BCUT2D eigenvalue weighted by molar-refractivity contribution is 0.0928. The molecule has 2 aromatic carbocycles. The number of rotatable bonds is 6. The van der Waals surface area contributed by atoms with Crippen molar-refractivity contribution in [1.82, 2.24) is 9.88 Å². The van der Waals surface area contributed by atoms with Crippen molar-refractivity contribution < 1.29 is 13.9 Å². The maximum Gasteiger partial charge on any atom is 0.268 e. The van der Waals surface area contributed by atoms with E-state index in [9.17, 15) is 9.18 Å². The van der Waals surface area contributed by atoms with Gasteiger partial charge in [0.2, 0.25) is 0 Å². The normalized spacial score (nSPS) is 11.0. The Labute approximate surface area is 145 Å². The lowest BCUT2D eigenvalue weighted by atomic mass is 10.2. The molecule has 3 aromatic rings. The lowest BCUT2D eigenvalue weighted by Gasteiger charge is -2.11. The van der Waals surface area contributed by atoms with E-state index in [4.69, 9.17) is 10.5 Å². The third kappa shape index (κ3) is 3.80. The molecule has 0 fully saturated rings. The molecule has 0 saturated heterocycles. The van der Waals surface area contributed by atoms with Gasteiger partial charge >= 0.3 is 0 Å². The molecule has 5 nitrogen and oxygen atoms in total. The lowest BCUT2D eigenvalue weighted by Crippen LogP contribution is -2.29. The number of amides is 1. The molecule has 1 aromatic heterocycles. The van der Waals surface area contributed by atoms with Crippen LogP contribution in [0.25, 0.3) is 10.9 Å².